The number of nitrogens with one attached hydrogen (secondary N) is 1. The maximum absolute atomic E-state index is 13.6. The number of nitrogens with zero attached hydrogens (tertiary/aromatic N) is 1. The molecule has 0 radical (unpaired) electrons. The standard InChI is InChI=1S/C24H28Cl2N2O3/c25-20-5-1-18(2-6-20)22(28-11-15-31-16-12-28)17-27-23(29)24(9-13-30-14-10-24)19-3-7-21(26)8-4-19/h1-8,22H,9-17H2,(H,27,29). The monoisotopic (exact) mass is 462 g/mol. The molecule has 2 aromatic rings. The van der Waals surface area contributed by atoms with Crippen LogP contribution in [-0.2, 0) is 19.7 Å². The first kappa shape index (κ1) is 22.6. The first-order valence-corrected chi connectivity index (χ1v) is 11.5. The molecular weight excluding hydrogens is 435 g/mol. The van der Waals surface area contributed by atoms with Crippen molar-refractivity contribution in [1.82, 2.24) is 10.2 Å². The molecule has 2 heterocycles. The van der Waals surface area contributed by atoms with Crippen molar-refractivity contribution in [2.75, 3.05) is 46.1 Å². The number of hydrogen-bond acceptors (Lipinski definition) is 4. The molecule has 0 aromatic heterocycles. The zero-order valence-corrected chi connectivity index (χ0v) is 19.0. The number of ether oxygens (including phenoxy) is 2. The van der Waals surface area contributed by atoms with Gasteiger partial charge in [0.05, 0.1) is 24.7 Å². The molecule has 1 N–H and O–H groups in total. The highest BCUT2D eigenvalue weighted by Crippen LogP contribution is 2.36. The topological polar surface area (TPSA) is 50.8 Å². The van der Waals surface area contributed by atoms with Gasteiger partial charge in [0.25, 0.3) is 0 Å². The summed E-state index contributed by atoms with van der Waals surface area (Å²) in [5.41, 5.74) is 1.53. The molecule has 2 aliphatic rings. The highest BCUT2D eigenvalue weighted by Gasteiger charge is 2.42. The fourth-order valence-corrected chi connectivity index (χ4v) is 4.78. The lowest BCUT2D eigenvalue weighted by molar-refractivity contribution is -0.130. The Balaban J connectivity index is 1.55. The van der Waals surface area contributed by atoms with Crippen molar-refractivity contribution in [3.63, 3.8) is 0 Å². The zero-order valence-electron chi connectivity index (χ0n) is 17.5. The molecular formula is C24H28Cl2N2O3. The fraction of sp³-hybridized carbons (Fsp3) is 0.458. The molecule has 0 spiro atoms. The van der Waals surface area contributed by atoms with Crippen LogP contribution in [0.4, 0.5) is 0 Å². The van der Waals surface area contributed by atoms with Crippen LogP contribution in [-0.4, -0.2) is 56.9 Å². The maximum Gasteiger partial charge on any atom is 0.230 e. The Morgan fingerprint density at radius 2 is 1.45 bits per heavy atom. The molecule has 1 amide bonds. The molecule has 0 bridgehead atoms. The number of carbonyl (C=O) groups excluding carboxylic acids is 1. The molecule has 2 aliphatic heterocycles. The number of benzene rings is 2. The molecule has 7 heteroatoms. The van der Waals surface area contributed by atoms with E-state index >= 15 is 0 Å². The molecule has 0 saturated carbocycles. The van der Waals surface area contributed by atoms with Crippen molar-refractivity contribution in [1.29, 1.82) is 0 Å². The van der Waals surface area contributed by atoms with Gasteiger partial charge in [-0.15, -0.1) is 0 Å². The maximum atomic E-state index is 13.6. The van der Waals surface area contributed by atoms with Gasteiger partial charge in [0.1, 0.15) is 0 Å². The minimum Gasteiger partial charge on any atom is -0.381 e. The van der Waals surface area contributed by atoms with E-state index in [9.17, 15) is 4.79 Å². The van der Waals surface area contributed by atoms with E-state index in [1.54, 1.807) is 0 Å². The van der Waals surface area contributed by atoms with Crippen molar-refractivity contribution in [3.05, 3.63) is 69.7 Å². The Morgan fingerprint density at radius 1 is 0.903 bits per heavy atom. The summed E-state index contributed by atoms with van der Waals surface area (Å²) in [6, 6.07) is 15.6. The van der Waals surface area contributed by atoms with Crippen LogP contribution < -0.4 is 5.32 Å². The van der Waals surface area contributed by atoms with E-state index in [1.807, 2.05) is 48.5 Å². The van der Waals surface area contributed by atoms with Crippen LogP contribution in [0.1, 0.15) is 30.0 Å². The van der Waals surface area contributed by atoms with Gasteiger partial charge in [-0.1, -0.05) is 47.5 Å². The van der Waals surface area contributed by atoms with E-state index in [1.165, 1.54) is 0 Å². The van der Waals surface area contributed by atoms with E-state index < -0.39 is 5.41 Å². The lowest BCUT2D eigenvalue weighted by Crippen LogP contribution is -2.51. The highest BCUT2D eigenvalue weighted by molar-refractivity contribution is 6.30. The Bertz CT molecular complexity index is 861. The summed E-state index contributed by atoms with van der Waals surface area (Å²) in [4.78, 5) is 16.0. The van der Waals surface area contributed by atoms with E-state index in [4.69, 9.17) is 32.7 Å². The number of morpholine rings is 1. The van der Waals surface area contributed by atoms with Crippen LogP contribution in [0.3, 0.4) is 0 Å². The van der Waals surface area contributed by atoms with Gasteiger partial charge in [-0.3, -0.25) is 9.69 Å². The van der Waals surface area contributed by atoms with Crippen molar-refractivity contribution in [2.24, 2.45) is 0 Å². The predicted octanol–water partition coefficient (Wildman–Crippen LogP) is 4.23. The van der Waals surface area contributed by atoms with E-state index in [0.717, 1.165) is 24.2 Å². The summed E-state index contributed by atoms with van der Waals surface area (Å²) >= 11 is 12.2. The number of halogens is 2. The van der Waals surface area contributed by atoms with Crippen molar-refractivity contribution in [3.8, 4) is 0 Å². The molecule has 31 heavy (non-hydrogen) atoms. The second kappa shape index (κ2) is 10.3. The normalized spacial score (nSPS) is 20.2. The number of carbonyl (C=O) groups is 1. The summed E-state index contributed by atoms with van der Waals surface area (Å²) in [5, 5.41) is 4.65. The number of amides is 1. The molecule has 2 saturated heterocycles. The third-order valence-electron chi connectivity index (χ3n) is 6.38. The van der Waals surface area contributed by atoms with Crippen LogP contribution in [0, 0.1) is 0 Å². The Kier molecular flexibility index (Phi) is 7.51. The first-order chi connectivity index (χ1) is 15.1. The summed E-state index contributed by atoms with van der Waals surface area (Å²) in [6.45, 7) is 4.73. The van der Waals surface area contributed by atoms with Crippen molar-refractivity contribution >= 4 is 29.1 Å². The number of rotatable bonds is 6. The second-order valence-electron chi connectivity index (χ2n) is 8.13. The third kappa shape index (κ3) is 5.24. The van der Waals surface area contributed by atoms with Crippen LogP contribution in [0.2, 0.25) is 10.0 Å². The van der Waals surface area contributed by atoms with Crippen molar-refractivity contribution in [2.45, 2.75) is 24.3 Å². The predicted molar refractivity (Wildman–Crippen MR) is 123 cm³/mol. The molecule has 5 nitrogen and oxygen atoms in total. The van der Waals surface area contributed by atoms with Crippen LogP contribution >= 0.6 is 23.2 Å². The smallest absolute Gasteiger partial charge is 0.230 e. The summed E-state index contributed by atoms with van der Waals surface area (Å²) in [5.74, 6) is 0.0466. The van der Waals surface area contributed by atoms with E-state index in [2.05, 4.69) is 10.2 Å². The molecule has 0 aliphatic carbocycles. The van der Waals surface area contributed by atoms with Gasteiger partial charge in [-0.25, -0.2) is 0 Å². The van der Waals surface area contributed by atoms with Gasteiger partial charge < -0.3 is 14.8 Å². The molecule has 4 rings (SSSR count). The zero-order chi connectivity index (χ0) is 21.7. The molecule has 2 aromatic carbocycles. The Hall–Kier alpha value is -1.63. The van der Waals surface area contributed by atoms with Crippen LogP contribution in [0.25, 0.3) is 0 Å². The first-order valence-electron chi connectivity index (χ1n) is 10.8. The minimum absolute atomic E-state index is 0.0466. The Morgan fingerprint density at radius 3 is 2.06 bits per heavy atom. The summed E-state index contributed by atoms with van der Waals surface area (Å²) in [7, 11) is 0. The van der Waals surface area contributed by atoms with E-state index in [0.29, 0.717) is 55.9 Å². The molecule has 166 valence electrons. The van der Waals surface area contributed by atoms with Gasteiger partial charge in [0.15, 0.2) is 0 Å². The lowest BCUT2D eigenvalue weighted by atomic mass is 9.73. The quantitative estimate of drug-likeness (QED) is 0.697. The summed E-state index contributed by atoms with van der Waals surface area (Å²) < 4.78 is 11.1. The van der Waals surface area contributed by atoms with Gasteiger partial charge in [-0.05, 0) is 48.2 Å². The Labute approximate surface area is 193 Å². The SMILES string of the molecule is O=C(NCC(c1ccc(Cl)cc1)N1CCOCC1)C1(c2ccc(Cl)cc2)CCOCC1. The average Bonchev–Trinajstić information content (AvgIpc) is 2.82. The molecule has 1 unspecified atom stereocenters. The lowest BCUT2D eigenvalue weighted by Gasteiger charge is -2.38. The number of hydrogen-bond donors (Lipinski definition) is 1. The van der Waals surface area contributed by atoms with Gasteiger partial charge in [-0.2, -0.15) is 0 Å². The molecule has 1 atom stereocenters. The van der Waals surface area contributed by atoms with Gasteiger partial charge in [0.2, 0.25) is 5.91 Å². The third-order valence-corrected chi connectivity index (χ3v) is 6.88. The largest absolute Gasteiger partial charge is 0.381 e. The fourth-order valence-electron chi connectivity index (χ4n) is 4.53. The second-order valence-corrected chi connectivity index (χ2v) is 9.00. The molecule has 2 fully saturated rings. The van der Waals surface area contributed by atoms with Crippen LogP contribution in [0.5, 0.6) is 0 Å². The van der Waals surface area contributed by atoms with Gasteiger partial charge in [0, 0.05) is 42.9 Å². The minimum atomic E-state index is -0.599. The average molecular weight is 463 g/mol. The van der Waals surface area contributed by atoms with Gasteiger partial charge >= 0.3 is 0 Å². The summed E-state index contributed by atoms with van der Waals surface area (Å²) in [6.07, 6.45) is 1.31. The highest BCUT2D eigenvalue weighted by atomic mass is 35.5. The van der Waals surface area contributed by atoms with Crippen LogP contribution in [0.15, 0.2) is 48.5 Å². The van der Waals surface area contributed by atoms with E-state index in [-0.39, 0.29) is 11.9 Å². The van der Waals surface area contributed by atoms with Crippen molar-refractivity contribution < 1.29 is 14.3 Å².